The highest BCUT2D eigenvalue weighted by molar-refractivity contribution is 7.98. The van der Waals surface area contributed by atoms with Gasteiger partial charge in [-0.05, 0) is 19.2 Å². The summed E-state index contributed by atoms with van der Waals surface area (Å²) in [5.41, 5.74) is 1.53. The van der Waals surface area contributed by atoms with E-state index in [0.29, 0.717) is 40.9 Å². The van der Waals surface area contributed by atoms with Crippen LogP contribution in [0.4, 0.5) is 11.4 Å². The minimum atomic E-state index is -0.442. The predicted molar refractivity (Wildman–Crippen MR) is 107 cm³/mol. The second-order valence-corrected chi connectivity index (χ2v) is 6.96. The number of para-hydroxylation sites is 2. The molecule has 0 aliphatic heterocycles. The van der Waals surface area contributed by atoms with Crippen LogP contribution in [0.3, 0.4) is 0 Å². The Balaban J connectivity index is 2.02. The molecule has 9 heteroatoms. The molecule has 0 bridgehead atoms. The molecule has 0 spiro atoms. The molecule has 0 fully saturated rings. The van der Waals surface area contributed by atoms with Gasteiger partial charge in [0.2, 0.25) is 0 Å². The van der Waals surface area contributed by atoms with Crippen molar-refractivity contribution in [2.75, 3.05) is 24.7 Å². The van der Waals surface area contributed by atoms with Gasteiger partial charge in [0.05, 0.1) is 16.2 Å². The van der Waals surface area contributed by atoms with Gasteiger partial charge in [-0.2, -0.15) is 0 Å². The molecular weight excluding hydrogens is 366 g/mol. The number of thioether (sulfide) groups is 1. The van der Waals surface area contributed by atoms with Crippen LogP contribution < -0.4 is 10.6 Å². The Morgan fingerprint density at radius 3 is 2.59 bits per heavy atom. The minimum absolute atomic E-state index is 0.00187. The summed E-state index contributed by atoms with van der Waals surface area (Å²) < 4.78 is 0. The summed E-state index contributed by atoms with van der Waals surface area (Å²) in [6.07, 6.45) is 1.87. The summed E-state index contributed by atoms with van der Waals surface area (Å²) in [6.45, 7) is 6.48. The topological polar surface area (TPSA) is 110 Å². The van der Waals surface area contributed by atoms with Gasteiger partial charge in [-0.1, -0.05) is 26.0 Å². The highest BCUT2D eigenvalue weighted by Gasteiger charge is 2.19. The number of carbonyl (C=O) groups excluding carboxylic acids is 1. The first kappa shape index (κ1) is 20.6. The smallest absolute Gasteiger partial charge is 0.292 e. The van der Waals surface area contributed by atoms with Crippen LogP contribution >= 0.6 is 11.8 Å². The fourth-order valence-corrected chi connectivity index (χ4v) is 3.11. The molecule has 1 aromatic heterocycles. The fourth-order valence-electron chi connectivity index (χ4n) is 2.48. The molecule has 0 aliphatic carbocycles. The first-order chi connectivity index (χ1) is 12.8. The number of amides is 1. The lowest BCUT2D eigenvalue weighted by molar-refractivity contribution is -0.384. The van der Waals surface area contributed by atoms with Crippen LogP contribution in [0.1, 0.15) is 41.6 Å². The van der Waals surface area contributed by atoms with E-state index in [4.69, 9.17) is 0 Å². The number of nitro benzene ring substituents is 1. The number of nitrogens with zero attached hydrogens (tertiary/aromatic N) is 3. The quantitative estimate of drug-likeness (QED) is 0.234. The lowest BCUT2D eigenvalue weighted by Crippen LogP contribution is -2.30. The molecule has 0 aliphatic rings. The van der Waals surface area contributed by atoms with E-state index in [2.05, 4.69) is 20.6 Å². The van der Waals surface area contributed by atoms with Crippen molar-refractivity contribution in [2.45, 2.75) is 31.7 Å². The summed E-state index contributed by atoms with van der Waals surface area (Å²) >= 11 is 1.41. The van der Waals surface area contributed by atoms with Crippen molar-refractivity contribution in [1.29, 1.82) is 0 Å². The van der Waals surface area contributed by atoms with E-state index < -0.39 is 4.92 Å². The zero-order valence-electron chi connectivity index (χ0n) is 15.8. The summed E-state index contributed by atoms with van der Waals surface area (Å²) in [5.74, 6) is 0.639. The van der Waals surface area contributed by atoms with Crippen molar-refractivity contribution in [3.05, 3.63) is 51.5 Å². The largest absolute Gasteiger partial charge is 0.378 e. The van der Waals surface area contributed by atoms with Gasteiger partial charge in [-0.25, -0.2) is 9.97 Å². The molecular formula is C18H23N5O3S. The lowest BCUT2D eigenvalue weighted by Gasteiger charge is -2.14. The van der Waals surface area contributed by atoms with Gasteiger partial charge >= 0.3 is 0 Å². The maximum absolute atomic E-state index is 12.6. The van der Waals surface area contributed by atoms with E-state index in [-0.39, 0.29) is 17.5 Å². The highest BCUT2D eigenvalue weighted by Crippen LogP contribution is 2.24. The van der Waals surface area contributed by atoms with Gasteiger partial charge in [0.25, 0.3) is 11.6 Å². The molecule has 0 unspecified atom stereocenters. The van der Waals surface area contributed by atoms with Crippen LogP contribution in [0.25, 0.3) is 0 Å². The number of benzene rings is 1. The van der Waals surface area contributed by atoms with E-state index in [0.717, 1.165) is 0 Å². The Morgan fingerprint density at radius 1 is 1.26 bits per heavy atom. The molecule has 0 saturated carbocycles. The molecule has 1 aromatic carbocycles. The van der Waals surface area contributed by atoms with Crippen molar-refractivity contribution < 1.29 is 9.72 Å². The zero-order chi connectivity index (χ0) is 20.0. The number of anilines is 1. The molecule has 1 amide bonds. The number of nitro groups is 1. The normalized spacial score (nSPS) is 10.7. The van der Waals surface area contributed by atoms with Crippen LogP contribution in [0.2, 0.25) is 0 Å². The Hall–Kier alpha value is -2.68. The monoisotopic (exact) mass is 389 g/mol. The van der Waals surface area contributed by atoms with Crippen molar-refractivity contribution >= 4 is 29.0 Å². The maximum atomic E-state index is 12.6. The summed E-state index contributed by atoms with van der Waals surface area (Å²) in [7, 11) is 0. The lowest BCUT2D eigenvalue weighted by atomic mass is 10.1. The Kier molecular flexibility index (Phi) is 7.12. The van der Waals surface area contributed by atoms with Crippen molar-refractivity contribution in [2.24, 2.45) is 0 Å². The van der Waals surface area contributed by atoms with E-state index in [1.165, 1.54) is 17.8 Å². The average Bonchev–Trinajstić information content (AvgIpc) is 2.64. The third-order valence-electron chi connectivity index (χ3n) is 3.84. The molecule has 8 nitrogen and oxygen atoms in total. The molecule has 0 radical (unpaired) electrons. The highest BCUT2D eigenvalue weighted by atomic mass is 32.2. The molecule has 2 rings (SSSR count). The number of carbonyl (C=O) groups is 1. The Bertz CT molecular complexity index is 842. The van der Waals surface area contributed by atoms with E-state index >= 15 is 0 Å². The van der Waals surface area contributed by atoms with Gasteiger partial charge in [0.1, 0.15) is 16.5 Å². The maximum Gasteiger partial charge on any atom is 0.292 e. The predicted octanol–water partition coefficient (Wildman–Crippen LogP) is 3.38. The van der Waals surface area contributed by atoms with Crippen LogP contribution in [-0.4, -0.2) is 40.1 Å². The second-order valence-electron chi connectivity index (χ2n) is 6.16. The first-order valence-corrected chi connectivity index (χ1v) is 9.75. The standard InChI is InChI=1S/C18H23N5O3S/c1-11(2)16-21-12(3)15(18(22-16)27-4)17(24)20-10-9-19-13-7-5-6-8-14(13)23(25)26/h5-8,11,19H,9-10H2,1-4H3,(H,20,24). The Morgan fingerprint density at radius 2 is 1.96 bits per heavy atom. The van der Waals surface area contributed by atoms with Crippen molar-refractivity contribution in [1.82, 2.24) is 15.3 Å². The number of hydrogen-bond acceptors (Lipinski definition) is 7. The van der Waals surface area contributed by atoms with Crippen LogP contribution in [0.5, 0.6) is 0 Å². The van der Waals surface area contributed by atoms with Crippen LogP contribution in [-0.2, 0) is 0 Å². The van der Waals surface area contributed by atoms with Gasteiger partial charge < -0.3 is 10.6 Å². The van der Waals surface area contributed by atoms with Gasteiger partial charge in [-0.15, -0.1) is 11.8 Å². The molecule has 2 N–H and O–H groups in total. The van der Waals surface area contributed by atoms with E-state index in [1.807, 2.05) is 20.1 Å². The molecule has 2 aromatic rings. The number of aromatic nitrogens is 2. The third-order valence-corrected chi connectivity index (χ3v) is 4.52. The number of nitrogens with one attached hydrogen (secondary N) is 2. The van der Waals surface area contributed by atoms with Crippen LogP contribution in [0.15, 0.2) is 29.3 Å². The third kappa shape index (κ3) is 5.16. The molecule has 0 saturated heterocycles. The summed E-state index contributed by atoms with van der Waals surface area (Å²) in [5, 5.41) is 17.5. The van der Waals surface area contributed by atoms with Crippen molar-refractivity contribution in [3.8, 4) is 0 Å². The molecule has 1 heterocycles. The fraction of sp³-hybridized carbons (Fsp3) is 0.389. The number of aryl methyl sites for hydroxylation is 1. The first-order valence-electron chi connectivity index (χ1n) is 8.53. The molecule has 0 atom stereocenters. The minimum Gasteiger partial charge on any atom is -0.378 e. The number of rotatable bonds is 8. The van der Waals surface area contributed by atoms with E-state index in [1.54, 1.807) is 25.1 Å². The zero-order valence-corrected chi connectivity index (χ0v) is 16.6. The van der Waals surface area contributed by atoms with Crippen LogP contribution in [0, 0.1) is 17.0 Å². The Labute approximate surface area is 162 Å². The molecule has 144 valence electrons. The summed E-state index contributed by atoms with van der Waals surface area (Å²) in [4.78, 5) is 32.1. The van der Waals surface area contributed by atoms with Gasteiger partial charge in [-0.3, -0.25) is 14.9 Å². The van der Waals surface area contributed by atoms with Gasteiger partial charge in [0, 0.05) is 25.1 Å². The SMILES string of the molecule is CSc1nc(C(C)C)nc(C)c1C(=O)NCCNc1ccccc1[N+](=O)[O-]. The number of hydrogen-bond donors (Lipinski definition) is 2. The van der Waals surface area contributed by atoms with E-state index in [9.17, 15) is 14.9 Å². The van der Waals surface area contributed by atoms with Crippen molar-refractivity contribution in [3.63, 3.8) is 0 Å². The van der Waals surface area contributed by atoms with Gasteiger partial charge in [0.15, 0.2) is 0 Å². The summed E-state index contributed by atoms with van der Waals surface area (Å²) in [6, 6.07) is 6.39. The second kappa shape index (κ2) is 9.31. The molecule has 27 heavy (non-hydrogen) atoms. The average molecular weight is 389 g/mol.